The molecule has 0 aliphatic rings. The maximum absolute atomic E-state index is 14.1. The molecule has 0 saturated heterocycles. The first-order chi connectivity index (χ1) is 11.9. The average molecular weight is 343 g/mol. The number of hydrogen-bond donors (Lipinski definition) is 1. The van der Waals surface area contributed by atoms with Crippen molar-refractivity contribution in [2.75, 3.05) is 7.11 Å². The summed E-state index contributed by atoms with van der Waals surface area (Å²) >= 11 is 0. The summed E-state index contributed by atoms with van der Waals surface area (Å²) in [5, 5.41) is 15.8. The fourth-order valence-corrected chi connectivity index (χ4v) is 2.72. The molecule has 25 heavy (non-hydrogen) atoms. The summed E-state index contributed by atoms with van der Waals surface area (Å²) in [7, 11) is 1.47. The van der Waals surface area contributed by atoms with Gasteiger partial charge >= 0.3 is 0 Å². The highest BCUT2D eigenvalue weighted by atomic mass is 19.1. The zero-order chi connectivity index (χ0) is 18.6. The predicted molar refractivity (Wildman–Crippen MR) is 97.9 cm³/mol. The maximum Gasteiger partial charge on any atom is 0.164 e. The lowest BCUT2D eigenvalue weighted by Gasteiger charge is -2.17. The SMILES string of the molecule is CC=Nc1c(OC)cc(F)cc1-n1cnnc1/C(=C(\C)C=N)C(C)C. The Hall–Kier alpha value is -2.83. The molecule has 1 N–H and O–H groups in total. The lowest BCUT2D eigenvalue weighted by molar-refractivity contribution is 0.412. The number of aromatic nitrogens is 3. The molecule has 2 aromatic rings. The lowest BCUT2D eigenvalue weighted by Crippen LogP contribution is -2.07. The van der Waals surface area contributed by atoms with Crippen molar-refractivity contribution in [2.24, 2.45) is 10.9 Å². The van der Waals surface area contributed by atoms with E-state index in [1.54, 1.807) is 17.7 Å². The molecular formula is C18H22FN5O. The van der Waals surface area contributed by atoms with E-state index in [-0.39, 0.29) is 5.92 Å². The minimum atomic E-state index is -0.444. The second-order valence-corrected chi connectivity index (χ2v) is 5.78. The monoisotopic (exact) mass is 343 g/mol. The number of halogens is 1. The molecule has 0 saturated carbocycles. The highest BCUT2D eigenvalue weighted by molar-refractivity contribution is 5.88. The van der Waals surface area contributed by atoms with Crippen LogP contribution in [0.25, 0.3) is 11.3 Å². The number of nitrogens with zero attached hydrogens (tertiary/aromatic N) is 4. The van der Waals surface area contributed by atoms with E-state index in [0.717, 1.165) is 11.1 Å². The predicted octanol–water partition coefficient (Wildman–Crippen LogP) is 4.22. The number of hydrogen-bond acceptors (Lipinski definition) is 5. The first kappa shape index (κ1) is 18.5. The summed E-state index contributed by atoms with van der Waals surface area (Å²) in [6.07, 6.45) is 4.41. The normalized spacial score (nSPS) is 12.6. The standard InChI is InChI=1S/C18H22FN5O/c1-6-21-17-14(7-13(19)8-15(17)25-5)24-10-22-23-18(24)16(11(2)3)12(4)9-20/h6-11,20H,1-5H3/b16-12+,20-9?,21-6?. The van der Waals surface area contributed by atoms with E-state index in [1.165, 1.54) is 31.8 Å². The van der Waals surface area contributed by atoms with Gasteiger partial charge in [-0.2, -0.15) is 0 Å². The van der Waals surface area contributed by atoms with Crippen LogP contribution in [0, 0.1) is 17.1 Å². The summed E-state index contributed by atoms with van der Waals surface area (Å²) in [4.78, 5) is 4.33. The third kappa shape index (κ3) is 3.65. The van der Waals surface area contributed by atoms with Crippen LogP contribution < -0.4 is 4.74 Å². The molecule has 6 nitrogen and oxygen atoms in total. The molecule has 0 fully saturated rings. The smallest absolute Gasteiger partial charge is 0.164 e. The molecule has 1 aromatic carbocycles. The molecule has 0 atom stereocenters. The van der Waals surface area contributed by atoms with E-state index in [4.69, 9.17) is 10.1 Å². The van der Waals surface area contributed by atoms with Crippen molar-refractivity contribution in [1.82, 2.24) is 14.8 Å². The fourth-order valence-electron chi connectivity index (χ4n) is 2.72. The Morgan fingerprint density at radius 2 is 2.12 bits per heavy atom. The summed E-state index contributed by atoms with van der Waals surface area (Å²) in [6, 6.07) is 2.66. The molecule has 0 spiro atoms. The van der Waals surface area contributed by atoms with Crippen molar-refractivity contribution in [2.45, 2.75) is 27.7 Å². The van der Waals surface area contributed by atoms with Gasteiger partial charge in [0.2, 0.25) is 0 Å². The number of allylic oxidation sites excluding steroid dienone is 2. The number of nitrogens with one attached hydrogen (secondary N) is 1. The largest absolute Gasteiger partial charge is 0.494 e. The van der Waals surface area contributed by atoms with Crippen LogP contribution >= 0.6 is 0 Å². The van der Waals surface area contributed by atoms with Gasteiger partial charge in [0.1, 0.15) is 23.6 Å². The lowest BCUT2D eigenvalue weighted by atomic mass is 9.97. The summed E-state index contributed by atoms with van der Waals surface area (Å²) in [5.74, 6) is 0.543. The Morgan fingerprint density at radius 1 is 1.40 bits per heavy atom. The van der Waals surface area contributed by atoms with Crippen molar-refractivity contribution in [3.05, 3.63) is 35.7 Å². The topological polar surface area (TPSA) is 76.2 Å². The van der Waals surface area contributed by atoms with Crippen molar-refractivity contribution < 1.29 is 9.13 Å². The first-order valence-corrected chi connectivity index (χ1v) is 7.92. The summed E-state index contributed by atoms with van der Waals surface area (Å²) in [5.41, 5.74) is 2.60. The van der Waals surface area contributed by atoms with Crippen molar-refractivity contribution in [3.63, 3.8) is 0 Å². The van der Waals surface area contributed by atoms with Crippen LogP contribution in [-0.4, -0.2) is 34.3 Å². The van der Waals surface area contributed by atoms with Crippen LogP contribution in [0.4, 0.5) is 10.1 Å². The Bertz CT molecular complexity index is 836. The molecule has 1 heterocycles. The van der Waals surface area contributed by atoms with E-state index in [1.807, 2.05) is 20.8 Å². The molecule has 0 bridgehead atoms. The van der Waals surface area contributed by atoms with E-state index in [9.17, 15) is 4.39 Å². The minimum absolute atomic E-state index is 0.109. The van der Waals surface area contributed by atoms with Gasteiger partial charge in [-0.05, 0) is 25.3 Å². The van der Waals surface area contributed by atoms with Gasteiger partial charge in [0, 0.05) is 30.1 Å². The molecule has 7 heteroatoms. The second-order valence-electron chi connectivity index (χ2n) is 5.78. The Balaban J connectivity index is 2.80. The zero-order valence-corrected chi connectivity index (χ0v) is 15.0. The minimum Gasteiger partial charge on any atom is -0.494 e. The number of aliphatic imine (C=N–C) groups is 1. The van der Waals surface area contributed by atoms with Crippen LogP contribution in [-0.2, 0) is 0 Å². The van der Waals surface area contributed by atoms with Gasteiger partial charge in [-0.25, -0.2) is 4.39 Å². The molecule has 0 unspecified atom stereocenters. The first-order valence-electron chi connectivity index (χ1n) is 7.92. The van der Waals surface area contributed by atoms with E-state index in [2.05, 4.69) is 15.2 Å². The summed E-state index contributed by atoms with van der Waals surface area (Å²) in [6.45, 7) is 7.65. The Labute approximate surface area is 146 Å². The van der Waals surface area contributed by atoms with E-state index in [0.29, 0.717) is 22.9 Å². The molecule has 132 valence electrons. The van der Waals surface area contributed by atoms with Gasteiger partial charge in [0.05, 0.1) is 12.8 Å². The van der Waals surface area contributed by atoms with Gasteiger partial charge in [0.15, 0.2) is 5.82 Å². The number of methoxy groups -OCH3 is 1. The number of benzene rings is 1. The van der Waals surface area contributed by atoms with Gasteiger partial charge in [-0.1, -0.05) is 13.8 Å². The summed E-state index contributed by atoms with van der Waals surface area (Å²) < 4.78 is 21.1. The quantitative estimate of drug-likeness (QED) is 0.798. The van der Waals surface area contributed by atoms with Crippen LogP contribution in [0.3, 0.4) is 0 Å². The number of rotatable bonds is 6. The fraction of sp³-hybridized carbons (Fsp3) is 0.333. The van der Waals surface area contributed by atoms with E-state index >= 15 is 0 Å². The molecule has 0 aliphatic heterocycles. The highest BCUT2D eigenvalue weighted by Crippen LogP contribution is 2.37. The van der Waals surface area contributed by atoms with Gasteiger partial charge in [-0.3, -0.25) is 9.56 Å². The molecular weight excluding hydrogens is 321 g/mol. The van der Waals surface area contributed by atoms with Crippen LogP contribution in [0.5, 0.6) is 5.75 Å². The van der Waals surface area contributed by atoms with Gasteiger partial charge < -0.3 is 10.1 Å². The average Bonchev–Trinajstić information content (AvgIpc) is 3.04. The zero-order valence-electron chi connectivity index (χ0n) is 15.0. The Morgan fingerprint density at radius 3 is 2.68 bits per heavy atom. The molecule has 0 aliphatic carbocycles. The van der Waals surface area contributed by atoms with Crippen molar-refractivity contribution >= 4 is 23.7 Å². The number of ether oxygens (including phenoxy) is 1. The third-order valence-electron chi connectivity index (χ3n) is 3.76. The third-order valence-corrected chi connectivity index (χ3v) is 3.76. The highest BCUT2D eigenvalue weighted by Gasteiger charge is 2.21. The molecule has 0 radical (unpaired) electrons. The van der Waals surface area contributed by atoms with E-state index < -0.39 is 5.82 Å². The molecule has 2 rings (SSSR count). The van der Waals surface area contributed by atoms with Crippen molar-refractivity contribution in [3.8, 4) is 11.4 Å². The van der Waals surface area contributed by atoms with Gasteiger partial charge in [0.25, 0.3) is 0 Å². The molecule has 1 aromatic heterocycles. The molecule has 0 amide bonds. The second kappa shape index (κ2) is 7.83. The maximum atomic E-state index is 14.1. The van der Waals surface area contributed by atoms with Crippen LogP contribution in [0.2, 0.25) is 0 Å². The Kier molecular flexibility index (Phi) is 5.80. The van der Waals surface area contributed by atoms with Gasteiger partial charge in [-0.15, -0.1) is 10.2 Å². The van der Waals surface area contributed by atoms with Crippen LogP contribution in [0.1, 0.15) is 33.5 Å². The van der Waals surface area contributed by atoms with Crippen molar-refractivity contribution in [1.29, 1.82) is 5.41 Å². The van der Waals surface area contributed by atoms with Crippen LogP contribution in [0.15, 0.2) is 29.0 Å².